The molecule has 0 aliphatic carbocycles. The highest BCUT2D eigenvalue weighted by Gasteiger charge is 2.32. The number of ether oxygens (including phenoxy) is 3. The third-order valence-corrected chi connectivity index (χ3v) is 5.56. The maximum absolute atomic E-state index is 12.5. The van der Waals surface area contributed by atoms with Crippen molar-refractivity contribution in [3.05, 3.63) is 59.3 Å². The van der Waals surface area contributed by atoms with Crippen LogP contribution in [0.3, 0.4) is 0 Å². The number of rotatable bonds is 8. The summed E-state index contributed by atoms with van der Waals surface area (Å²) in [6, 6.07) is 10.6. The highest BCUT2D eigenvalue weighted by Crippen LogP contribution is 2.36. The number of methoxy groups -OCH3 is 1. The fourth-order valence-corrected chi connectivity index (χ4v) is 3.89. The van der Waals surface area contributed by atoms with Crippen molar-refractivity contribution in [2.45, 2.75) is 19.9 Å². The van der Waals surface area contributed by atoms with Crippen molar-refractivity contribution in [2.75, 3.05) is 20.3 Å². The van der Waals surface area contributed by atoms with E-state index in [1.165, 1.54) is 7.11 Å². The average Bonchev–Trinajstić information content (AvgIpc) is 3.20. The molecule has 37 heavy (non-hydrogen) atoms. The number of hydrogen-bond donors (Lipinski definition) is 4. The first kappa shape index (κ1) is 25.2. The van der Waals surface area contributed by atoms with Gasteiger partial charge in [-0.25, -0.2) is 9.59 Å². The van der Waals surface area contributed by atoms with Crippen molar-refractivity contribution in [3.63, 3.8) is 0 Å². The number of azo groups is 1. The van der Waals surface area contributed by atoms with Crippen LogP contribution in [0.1, 0.15) is 25.5 Å². The summed E-state index contributed by atoms with van der Waals surface area (Å²) in [7, 11) is 1.42. The Hall–Kier alpha value is -4.87. The highest BCUT2D eigenvalue weighted by molar-refractivity contribution is 5.95. The standard InChI is InChI=1S/C25H25N5O7/c1-4-36-24(33)20-13(2)26-25(34)28-21(20)14-9-10-17(18(11-14)35-3)37-12-19(31)29-30-22-15-7-5-6-8-16(15)27-23(22)32/h5-11,21,27,32H,4,12H2,1-3H3,(H2,26,28,34)/t21-/m1/s1. The van der Waals surface area contributed by atoms with Gasteiger partial charge in [0.2, 0.25) is 5.88 Å². The van der Waals surface area contributed by atoms with Crippen LogP contribution in [0.15, 0.2) is 64.0 Å². The molecule has 0 unspecified atom stereocenters. The van der Waals surface area contributed by atoms with Gasteiger partial charge >= 0.3 is 17.9 Å². The summed E-state index contributed by atoms with van der Waals surface area (Å²) in [4.78, 5) is 39.7. The van der Waals surface area contributed by atoms with Gasteiger partial charge < -0.3 is 34.9 Å². The lowest BCUT2D eigenvalue weighted by Gasteiger charge is -2.28. The quantitative estimate of drug-likeness (QED) is 0.266. The minimum Gasteiger partial charge on any atom is -0.493 e. The van der Waals surface area contributed by atoms with Gasteiger partial charge in [0.25, 0.3) is 0 Å². The van der Waals surface area contributed by atoms with Crippen molar-refractivity contribution < 1.29 is 33.7 Å². The number of fused-ring (bicyclic) bond motifs is 1. The summed E-state index contributed by atoms with van der Waals surface area (Å²) in [6.45, 7) is 3.04. The Bertz CT molecular complexity index is 1430. The molecule has 0 bridgehead atoms. The maximum Gasteiger partial charge on any atom is 0.338 e. The van der Waals surface area contributed by atoms with E-state index in [0.29, 0.717) is 22.2 Å². The van der Waals surface area contributed by atoms with Crippen LogP contribution in [0.5, 0.6) is 17.4 Å². The number of benzene rings is 2. The van der Waals surface area contributed by atoms with Crippen LogP contribution in [0, 0.1) is 0 Å². The first-order valence-electron chi connectivity index (χ1n) is 11.3. The number of aromatic amines is 1. The predicted molar refractivity (Wildman–Crippen MR) is 132 cm³/mol. The van der Waals surface area contributed by atoms with Gasteiger partial charge in [-0.05, 0) is 37.6 Å². The predicted octanol–water partition coefficient (Wildman–Crippen LogP) is 3.76. The normalized spacial score (nSPS) is 15.4. The SMILES string of the molecule is CCOC(=O)C1=C(C)NC(=O)N[C@@H]1c1ccc(OCC(=O)N=Nc2c(O)[nH]c3ccccc23)c(OC)c1. The molecule has 2 aromatic carbocycles. The van der Waals surface area contributed by atoms with E-state index in [9.17, 15) is 19.5 Å². The number of carbonyl (C=O) groups is 3. The van der Waals surface area contributed by atoms with E-state index >= 15 is 0 Å². The van der Waals surface area contributed by atoms with Crippen molar-refractivity contribution in [2.24, 2.45) is 10.2 Å². The Kier molecular flexibility index (Phi) is 7.37. The number of para-hydroxylation sites is 1. The average molecular weight is 508 g/mol. The fraction of sp³-hybridized carbons (Fsp3) is 0.240. The Morgan fingerprint density at radius 2 is 1.92 bits per heavy atom. The molecule has 4 N–H and O–H groups in total. The largest absolute Gasteiger partial charge is 0.493 e. The molecule has 0 spiro atoms. The van der Waals surface area contributed by atoms with E-state index in [1.54, 1.807) is 56.3 Å². The van der Waals surface area contributed by atoms with E-state index in [0.717, 1.165) is 0 Å². The van der Waals surface area contributed by atoms with Crippen molar-refractivity contribution >= 4 is 34.5 Å². The molecule has 0 saturated heterocycles. The Morgan fingerprint density at radius 1 is 1.14 bits per heavy atom. The van der Waals surface area contributed by atoms with Crippen LogP contribution < -0.4 is 20.1 Å². The summed E-state index contributed by atoms with van der Waals surface area (Å²) in [5.74, 6) is -0.945. The van der Waals surface area contributed by atoms with Gasteiger partial charge in [0, 0.05) is 11.1 Å². The lowest BCUT2D eigenvalue weighted by atomic mass is 9.95. The van der Waals surface area contributed by atoms with Crippen molar-refractivity contribution in [1.82, 2.24) is 15.6 Å². The number of nitrogens with zero attached hydrogens (tertiary/aromatic N) is 2. The van der Waals surface area contributed by atoms with Gasteiger partial charge in [0.05, 0.1) is 30.8 Å². The summed E-state index contributed by atoms with van der Waals surface area (Å²) in [5.41, 5.74) is 1.98. The Labute approximate surface area is 211 Å². The maximum atomic E-state index is 12.5. The zero-order valence-electron chi connectivity index (χ0n) is 20.3. The highest BCUT2D eigenvalue weighted by atomic mass is 16.5. The summed E-state index contributed by atoms with van der Waals surface area (Å²) >= 11 is 0. The minimum absolute atomic E-state index is 0.149. The van der Waals surface area contributed by atoms with Crippen molar-refractivity contribution in [1.29, 1.82) is 0 Å². The number of amides is 3. The molecule has 4 rings (SSSR count). The fourth-order valence-electron chi connectivity index (χ4n) is 3.89. The van der Waals surface area contributed by atoms with Gasteiger partial charge in [0.1, 0.15) is 0 Å². The molecule has 0 fully saturated rings. The first-order valence-corrected chi connectivity index (χ1v) is 11.3. The number of nitrogens with one attached hydrogen (secondary N) is 3. The van der Waals surface area contributed by atoms with Crippen LogP contribution in [0.4, 0.5) is 10.5 Å². The van der Waals surface area contributed by atoms with Crippen molar-refractivity contribution in [3.8, 4) is 17.4 Å². The third-order valence-electron chi connectivity index (χ3n) is 5.56. The molecule has 0 saturated carbocycles. The summed E-state index contributed by atoms with van der Waals surface area (Å²) in [6.07, 6.45) is 0. The molecule has 0 radical (unpaired) electrons. The van der Waals surface area contributed by atoms with Gasteiger partial charge in [-0.1, -0.05) is 24.3 Å². The van der Waals surface area contributed by atoms with Crippen LogP contribution in [-0.4, -0.2) is 48.3 Å². The monoisotopic (exact) mass is 507 g/mol. The van der Waals surface area contributed by atoms with E-state index < -0.39 is 30.6 Å². The van der Waals surface area contributed by atoms with Gasteiger partial charge in [-0.15, -0.1) is 10.2 Å². The van der Waals surface area contributed by atoms with Crippen LogP contribution >= 0.6 is 0 Å². The van der Waals surface area contributed by atoms with Gasteiger partial charge in [-0.2, -0.15) is 0 Å². The van der Waals surface area contributed by atoms with E-state index in [-0.39, 0.29) is 35.2 Å². The zero-order chi connectivity index (χ0) is 26.5. The second-order valence-electron chi connectivity index (χ2n) is 7.95. The number of carbonyl (C=O) groups excluding carboxylic acids is 3. The first-order chi connectivity index (χ1) is 17.8. The molecule has 192 valence electrons. The Balaban J connectivity index is 1.50. The molecular weight excluding hydrogens is 482 g/mol. The lowest BCUT2D eigenvalue weighted by Crippen LogP contribution is -2.45. The third kappa shape index (κ3) is 5.37. The molecule has 2 heterocycles. The molecular formula is C25H25N5O7. The number of esters is 1. The number of aromatic hydroxyl groups is 1. The number of aromatic nitrogens is 1. The summed E-state index contributed by atoms with van der Waals surface area (Å²) < 4.78 is 16.1. The van der Waals surface area contributed by atoms with E-state index in [2.05, 4.69) is 25.8 Å². The number of urea groups is 1. The number of allylic oxidation sites excluding steroid dienone is 1. The molecule has 12 heteroatoms. The lowest BCUT2D eigenvalue weighted by molar-refractivity contribution is -0.139. The van der Waals surface area contributed by atoms with Crippen LogP contribution in [-0.2, 0) is 14.3 Å². The number of hydrogen-bond acceptors (Lipinski definition) is 8. The summed E-state index contributed by atoms with van der Waals surface area (Å²) in [5, 5.41) is 23.4. The van der Waals surface area contributed by atoms with E-state index in [1.807, 2.05) is 0 Å². The Morgan fingerprint density at radius 3 is 2.68 bits per heavy atom. The molecule has 1 aliphatic heterocycles. The molecule has 3 aromatic rings. The smallest absolute Gasteiger partial charge is 0.338 e. The van der Waals surface area contributed by atoms with Crippen LogP contribution in [0.2, 0.25) is 0 Å². The molecule has 1 atom stereocenters. The number of H-pyrrole nitrogens is 1. The molecule has 12 nitrogen and oxygen atoms in total. The second kappa shape index (κ2) is 10.8. The van der Waals surface area contributed by atoms with Crippen LogP contribution in [0.25, 0.3) is 10.9 Å². The zero-order valence-corrected chi connectivity index (χ0v) is 20.3. The van der Waals surface area contributed by atoms with Gasteiger partial charge in [0.15, 0.2) is 23.8 Å². The van der Waals surface area contributed by atoms with E-state index in [4.69, 9.17) is 14.2 Å². The van der Waals surface area contributed by atoms with Gasteiger partial charge in [-0.3, -0.25) is 4.79 Å². The second-order valence-corrected chi connectivity index (χ2v) is 7.95. The molecule has 1 aromatic heterocycles. The molecule has 1 aliphatic rings. The molecule has 3 amide bonds. The topological polar surface area (TPSA) is 164 Å². The minimum atomic E-state index is -0.782.